The quantitative estimate of drug-likeness (QED) is 0.657. The van der Waals surface area contributed by atoms with Crippen LogP contribution in [0.25, 0.3) is 10.6 Å². The van der Waals surface area contributed by atoms with Crippen LogP contribution in [0, 0.1) is 0 Å². The van der Waals surface area contributed by atoms with Crippen molar-refractivity contribution in [3.05, 3.63) is 36.8 Å². The Morgan fingerprint density at radius 1 is 1.04 bits per heavy atom. The number of nitrogens with zero attached hydrogens (tertiary/aromatic N) is 6. The molecule has 1 aliphatic rings. The van der Waals surface area contributed by atoms with Crippen molar-refractivity contribution in [1.82, 2.24) is 24.8 Å². The van der Waals surface area contributed by atoms with Crippen molar-refractivity contribution < 1.29 is 4.74 Å². The summed E-state index contributed by atoms with van der Waals surface area (Å²) in [5, 5.41) is 3.92. The Labute approximate surface area is 167 Å². The summed E-state index contributed by atoms with van der Waals surface area (Å²) in [5.41, 5.74) is 1.98. The van der Waals surface area contributed by atoms with E-state index >= 15 is 0 Å². The van der Waals surface area contributed by atoms with Crippen molar-refractivity contribution >= 4 is 27.9 Å². The van der Waals surface area contributed by atoms with E-state index in [0.717, 1.165) is 53.4 Å². The molecule has 1 N–H and O–H groups in total. The summed E-state index contributed by atoms with van der Waals surface area (Å²) in [6.07, 6.45) is 7.54. The fraction of sp³-hybridized carbons (Fsp3) is 0.368. The van der Waals surface area contributed by atoms with Gasteiger partial charge in [-0.05, 0) is 25.2 Å². The molecule has 4 rings (SSSR count). The molecule has 8 nitrogen and oxygen atoms in total. The van der Waals surface area contributed by atoms with Crippen LogP contribution in [0.15, 0.2) is 36.8 Å². The fourth-order valence-corrected chi connectivity index (χ4v) is 4.43. The minimum Gasteiger partial charge on any atom is -0.441 e. The van der Waals surface area contributed by atoms with Gasteiger partial charge in [0.15, 0.2) is 0 Å². The molecule has 3 aromatic heterocycles. The monoisotopic (exact) mass is 398 g/mol. The number of likely N-dealkylation sites (N-methyl/N-ethyl adjacent to an activating group) is 1. The summed E-state index contributed by atoms with van der Waals surface area (Å²) in [6.45, 7) is 4.19. The van der Waals surface area contributed by atoms with Gasteiger partial charge in [0.25, 0.3) is 0 Å². The van der Waals surface area contributed by atoms with Gasteiger partial charge in [-0.2, -0.15) is 4.98 Å². The minimum absolute atomic E-state index is 0.217. The number of ether oxygens (including phenoxy) is 1. The van der Waals surface area contributed by atoms with Crippen LogP contribution >= 0.6 is 10.5 Å². The van der Waals surface area contributed by atoms with Crippen molar-refractivity contribution in [2.45, 2.75) is 0 Å². The fourth-order valence-electron chi connectivity index (χ4n) is 3.15. The lowest BCUT2D eigenvalue weighted by Crippen LogP contribution is -2.44. The highest BCUT2D eigenvalue weighted by Crippen LogP contribution is 2.38. The van der Waals surface area contributed by atoms with Gasteiger partial charge in [-0.25, -0.2) is 15.0 Å². The van der Waals surface area contributed by atoms with Crippen LogP contribution < -0.4 is 15.0 Å². The van der Waals surface area contributed by atoms with Crippen LogP contribution in [-0.4, -0.2) is 65.2 Å². The summed E-state index contributed by atoms with van der Waals surface area (Å²) >= 11 is 0. The van der Waals surface area contributed by atoms with E-state index in [-0.39, 0.29) is 10.5 Å². The molecule has 1 fully saturated rings. The zero-order valence-corrected chi connectivity index (χ0v) is 17.1. The summed E-state index contributed by atoms with van der Waals surface area (Å²) in [4.78, 5) is 23.5. The van der Waals surface area contributed by atoms with Gasteiger partial charge in [0, 0.05) is 42.8 Å². The summed E-state index contributed by atoms with van der Waals surface area (Å²) < 4.78 is 5.30. The van der Waals surface area contributed by atoms with Crippen LogP contribution in [0.3, 0.4) is 0 Å². The Morgan fingerprint density at radius 3 is 2.54 bits per heavy atom. The zero-order chi connectivity index (χ0) is 19.5. The molecule has 0 aromatic carbocycles. The van der Waals surface area contributed by atoms with Gasteiger partial charge in [0.1, 0.15) is 17.8 Å². The lowest BCUT2D eigenvalue weighted by atomic mass is 10.3. The second-order valence-electron chi connectivity index (χ2n) is 6.69. The summed E-state index contributed by atoms with van der Waals surface area (Å²) in [7, 11) is 3.58. The molecule has 0 spiro atoms. The van der Waals surface area contributed by atoms with Crippen LogP contribution in [0.2, 0.25) is 0 Å². The molecule has 4 heterocycles. The van der Waals surface area contributed by atoms with Gasteiger partial charge in [-0.1, -0.05) is 0 Å². The molecule has 1 aliphatic heterocycles. The first kappa shape index (κ1) is 18.6. The molecule has 0 aliphatic carbocycles. The van der Waals surface area contributed by atoms with E-state index in [2.05, 4.69) is 54.4 Å². The Kier molecular flexibility index (Phi) is 5.36. The molecular formula is C19H24N7OS+. The number of rotatable bonds is 5. The number of pyridine rings is 1. The third-order valence-electron chi connectivity index (χ3n) is 4.82. The maximum Gasteiger partial charge on any atom is 0.434 e. The lowest BCUT2D eigenvalue weighted by Gasteiger charge is -2.33. The average molecular weight is 399 g/mol. The van der Waals surface area contributed by atoms with E-state index in [9.17, 15) is 0 Å². The van der Waals surface area contributed by atoms with Crippen LogP contribution in [0.5, 0.6) is 5.19 Å². The van der Waals surface area contributed by atoms with Gasteiger partial charge in [-0.15, -0.1) is 0 Å². The number of anilines is 3. The van der Waals surface area contributed by atoms with Crippen molar-refractivity contribution in [3.63, 3.8) is 0 Å². The predicted octanol–water partition coefficient (Wildman–Crippen LogP) is 2.72. The molecule has 146 valence electrons. The van der Waals surface area contributed by atoms with E-state index in [1.54, 1.807) is 13.3 Å². The first-order chi connectivity index (χ1) is 13.6. The molecule has 0 bridgehead atoms. The number of nitrogens with one attached hydrogen (secondary N) is 1. The van der Waals surface area contributed by atoms with E-state index in [1.165, 1.54) is 0 Å². The summed E-state index contributed by atoms with van der Waals surface area (Å²) in [6, 6.07) is 5.94. The largest absolute Gasteiger partial charge is 0.441 e. The van der Waals surface area contributed by atoms with Crippen LogP contribution in [-0.2, 0) is 6.26 Å². The SMILES string of the molecule is COc1ncc(-c2ccnc(Nc3ccc(N4CCN(C)CC4)cn3)n2)[s+]1C. The molecule has 1 unspecified atom stereocenters. The second-order valence-corrected chi connectivity index (χ2v) is 8.49. The van der Waals surface area contributed by atoms with Gasteiger partial charge < -0.3 is 19.9 Å². The first-order valence-electron chi connectivity index (χ1n) is 9.12. The maximum absolute atomic E-state index is 5.30. The second kappa shape index (κ2) is 8.07. The molecule has 3 aromatic rings. The molecule has 9 heteroatoms. The molecule has 0 amide bonds. The third kappa shape index (κ3) is 3.90. The lowest BCUT2D eigenvalue weighted by molar-refractivity contribution is 0.313. The summed E-state index contributed by atoms with van der Waals surface area (Å²) in [5.74, 6) is 1.24. The highest BCUT2D eigenvalue weighted by atomic mass is 32.2. The van der Waals surface area contributed by atoms with E-state index < -0.39 is 0 Å². The molecule has 28 heavy (non-hydrogen) atoms. The number of methoxy groups -OCH3 is 1. The molecule has 0 saturated carbocycles. The predicted molar refractivity (Wildman–Crippen MR) is 113 cm³/mol. The Hall–Kier alpha value is -2.78. The highest BCUT2D eigenvalue weighted by Gasteiger charge is 2.22. The molecular weight excluding hydrogens is 374 g/mol. The first-order valence-corrected chi connectivity index (χ1v) is 10.8. The maximum atomic E-state index is 5.30. The van der Waals surface area contributed by atoms with E-state index in [0.29, 0.717) is 5.95 Å². The highest BCUT2D eigenvalue weighted by molar-refractivity contribution is 7.34. The Balaban J connectivity index is 1.48. The molecule has 1 atom stereocenters. The van der Waals surface area contributed by atoms with Crippen molar-refractivity contribution in [2.75, 3.05) is 50.6 Å². The number of thiazole rings is 1. The molecule has 1 saturated heterocycles. The normalized spacial score (nSPS) is 15.5. The van der Waals surface area contributed by atoms with Gasteiger partial charge in [-0.3, -0.25) is 0 Å². The van der Waals surface area contributed by atoms with Crippen LogP contribution in [0.4, 0.5) is 17.5 Å². The van der Waals surface area contributed by atoms with Crippen molar-refractivity contribution in [2.24, 2.45) is 6.26 Å². The Bertz CT molecular complexity index is 936. The minimum atomic E-state index is -0.217. The van der Waals surface area contributed by atoms with E-state index in [1.807, 2.05) is 24.5 Å². The third-order valence-corrected chi connectivity index (χ3v) is 6.59. The smallest absolute Gasteiger partial charge is 0.434 e. The number of aromatic nitrogens is 4. The zero-order valence-electron chi connectivity index (χ0n) is 16.3. The van der Waals surface area contributed by atoms with Crippen molar-refractivity contribution in [3.8, 4) is 15.8 Å². The molecule has 0 radical (unpaired) electrons. The Morgan fingerprint density at radius 2 is 1.86 bits per heavy atom. The number of hydrogen-bond acceptors (Lipinski definition) is 8. The van der Waals surface area contributed by atoms with E-state index in [4.69, 9.17) is 4.74 Å². The topological polar surface area (TPSA) is 79.3 Å². The van der Waals surface area contributed by atoms with Crippen LogP contribution in [0.1, 0.15) is 0 Å². The standard InChI is InChI=1S/C19H24N7OS/c1-25-8-10-26(11-9-25)14-4-5-17(21-12-14)24-18-20-7-6-15(23-18)16-13-22-19(27-2)28(16)3/h4-7,12-13H,8-11H2,1-3H3,(H,20,21,23,24)/q+1. The van der Waals surface area contributed by atoms with Crippen molar-refractivity contribution in [1.29, 1.82) is 0 Å². The number of hydrogen-bond donors (Lipinski definition) is 1. The average Bonchev–Trinajstić information content (AvgIpc) is 3.10. The van der Waals surface area contributed by atoms with Gasteiger partial charge in [0.05, 0.1) is 25.2 Å². The van der Waals surface area contributed by atoms with Gasteiger partial charge in [0.2, 0.25) is 10.8 Å². The van der Waals surface area contributed by atoms with Gasteiger partial charge >= 0.3 is 5.19 Å². The number of piperazine rings is 1.